The monoisotopic (exact) mass is 1540 g/mol. The Morgan fingerprint density at radius 2 is 0.457 bits per heavy atom. The fourth-order valence-electron chi connectivity index (χ4n) is 13.3. The summed E-state index contributed by atoms with van der Waals surface area (Å²) in [5, 5.41) is 10.7. The van der Waals surface area contributed by atoms with Gasteiger partial charge >= 0.3 is 39.5 Å². The van der Waals surface area contributed by atoms with Crippen molar-refractivity contribution in [2.75, 3.05) is 39.6 Å². The van der Waals surface area contributed by atoms with Crippen molar-refractivity contribution in [3.8, 4) is 0 Å². The SMILES string of the molecule is CCC(C)CCCCCCCCCCCCCCCCCCCCC(=O)O[C@H](COC(=O)CCCCCCCCC(C)CC)COP(=O)(O)OC[C@H](O)COP(=O)(O)OC[C@@H](COC(=O)CCCCCCCCCCCCCCCCCC(C)C)OC(=O)CCCCCCCCCCCCCCC(C)C. The average molecular weight is 1540 g/mol. The number of esters is 4. The van der Waals surface area contributed by atoms with Crippen molar-refractivity contribution >= 4 is 39.5 Å². The van der Waals surface area contributed by atoms with Gasteiger partial charge in [-0.15, -0.1) is 0 Å². The molecule has 4 unspecified atom stereocenters. The van der Waals surface area contributed by atoms with Crippen molar-refractivity contribution in [1.82, 2.24) is 0 Å². The second kappa shape index (κ2) is 74.8. The Morgan fingerprint density at radius 3 is 0.676 bits per heavy atom. The second-order valence-electron chi connectivity index (χ2n) is 32.4. The Kier molecular flexibility index (Phi) is 73.4. The summed E-state index contributed by atoms with van der Waals surface area (Å²) in [5.74, 6) is 1.08. The molecule has 0 fully saturated rings. The Morgan fingerprint density at radius 1 is 0.267 bits per heavy atom. The van der Waals surface area contributed by atoms with Crippen molar-refractivity contribution in [1.29, 1.82) is 0 Å². The number of aliphatic hydroxyl groups excluding tert-OH is 1. The minimum Gasteiger partial charge on any atom is -0.462 e. The van der Waals surface area contributed by atoms with E-state index >= 15 is 0 Å². The summed E-state index contributed by atoms with van der Waals surface area (Å²) < 4.78 is 68.9. The predicted octanol–water partition coefficient (Wildman–Crippen LogP) is 25.9. The van der Waals surface area contributed by atoms with Crippen LogP contribution in [0.15, 0.2) is 0 Å². The van der Waals surface area contributed by atoms with Crippen LogP contribution in [0.1, 0.15) is 447 Å². The molecule has 0 aliphatic carbocycles. The standard InChI is InChI=1S/C86H168O17P2/c1-9-78(7)64-56-48-40-34-28-21-17-13-11-12-14-18-23-30-36-42-52-60-68-86(91)103-82(73-97-84(89)67-59-51-45-44-49-57-65-79(8)10-2)75-101-105(94,95)99-71-80(87)70-98-104(92,93)100-74-81(102-85(90)69-61-53-43-37-31-25-24-27-33-39-47-55-63-77(5)6)72-96-83(88)66-58-50-41-35-29-22-19-15-16-20-26-32-38-46-54-62-76(3)4/h76-82,87H,9-75H2,1-8H3,(H,92,93)(H,94,95)/t78?,79?,80-,81-,82-/m1/s1. The Labute approximate surface area is 645 Å². The van der Waals surface area contributed by atoms with Crippen LogP contribution in [0.3, 0.4) is 0 Å². The lowest BCUT2D eigenvalue weighted by atomic mass is 9.99. The molecule has 0 heterocycles. The minimum atomic E-state index is -4.97. The number of carbonyl (C=O) groups is 4. The predicted molar refractivity (Wildman–Crippen MR) is 432 cm³/mol. The molecule has 0 aliphatic rings. The van der Waals surface area contributed by atoms with Crippen LogP contribution in [-0.4, -0.2) is 96.7 Å². The van der Waals surface area contributed by atoms with Gasteiger partial charge in [0.05, 0.1) is 26.4 Å². The first-order valence-electron chi connectivity index (χ1n) is 44.3. The van der Waals surface area contributed by atoms with Crippen LogP contribution in [0, 0.1) is 23.7 Å². The number of hydrogen-bond donors (Lipinski definition) is 3. The molecule has 3 N–H and O–H groups in total. The first kappa shape index (κ1) is 103. The van der Waals surface area contributed by atoms with Crippen LogP contribution in [0.4, 0.5) is 0 Å². The minimum absolute atomic E-state index is 0.107. The van der Waals surface area contributed by atoms with Gasteiger partial charge in [0.25, 0.3) is 0 Å². The zero-order valence-electron chi connectivity index (χ0n) is 69.4. The number of rotatable bonds is 83. The fraction of sp³-hybridized carbons (Fsp3) is 0.953. The molecule has 7 atom stereocenters. The molecular weight excluding hydrogens is 1370 g/mol. The van der Waals surface area contributed by atoms with E-state index in [-0.39, 0.29) is 25.7 Å². The van der Waals surface area contributed by atoms with Crippen LogP contribution in [-0.2, 0) is 65.4 Å². The first-order chi connectivity index (χ1) is 50.7. The van der Waals surface area contributed by atoms with Gasteiger partial charge in [0.2, 0.25) is 0 Å². The van der Waals surface area contributed by atoms with E-state index in [0.717, 1.165) is 120 Å². The summed E-state index contributed by atoms with van der Waals surface area (Å²) in [6.07, 6.45) is 63.9. The fourth-order valence-corrected chi connectivity index (χ4v) is 14.8. The van der Waals surface area contributed by atoms with Crippen molar-refractivity contribution in [2.45, 2.75) is 465 Å². The van der Waals surface area contributed by atoms with Crippen LogP contribution >= 0.6 is 15.6 Å². The quantitative estimate of drug-likeness (QED) is 0.0222. The summed E-state index contributed by atoms with van der Waals surface area (Å²) in [6.45, 7) is 14.3. The lowest BCUT2D eigenvalue weighted by Crippen LogP contribution is -2.30. The zero-order chi connectivity index (χ0) is 77.4. The van der Waals surface area contributed by atoms with Crippen LogP contribution in [0.5, 0.6) is 0 Å². The van der Waals surface area contributed by atoms with E-state index in [2.05, 4.69) is 55.4 Å². The van der Waals surface area contributed by atoms with Crippen molar-refractivity contribution < 1.29 is 80.2 Å². The van der Waals surface area contributed by atoms with Gasteiger partial charge in [0.15, 0.2) is 12.2 Å². The second-order valence-corrected chi connectivity index (χ2v) is 35.3. The summed E-state index contributed by atoms with van der Waals surface area (Å²) in [4.78, 5) is 73.2. The normalized spacial score (nSPS) is 14.4. The molecule has 0 saturated carbocycles. The van der Waals surface area contributed by atoms with Crippen LogP contribution in [0.25, 0.3) is 0 Å². The van der Waals surface area contributed by atoms with Gasteiger partial charge in [0.1, 0.15) is 19.3 Å². The molecule has 0 radical (unpaired) electrons. The topological polar surface area (TPSA) is 237 Å². The third-order valence-electron chi connectivity index (χ3n) is 20.8. The maximum atomic E-state index is 13.1. The van der Waals surface area contributed by atoms with E-state index in [1.165, 1.54) is 244 Å². The highest BCUT2D eigenvalue weighted by atomic mass is 31.2. The van der Waals surface area contributed by atoms with E-state index in [1.807, 2.05) is 0 Å². The summed E-state index contributed by atoms with van der Waals surface area (Å²) >= 11 is 0. The van der Waals surface area contributed by atoms with E-state index in [0.29, 0.717) is 25.7 Å². The van der Waals surface area contributed by atoms with Gasteiger partial charge in [-0.1, -0.05) is 396 Å². The number of phosphoric acid groups is 2. The number of phosphoric ester groups is 2. The molecule has 0 aromatic heterocycles. The zero-order valence-corrected chi connectivity index (χ0v) is 71.2. The summed E-state index contributed by atoms with van der Waals surface area (Å²) in [6, 6.07) is 0. The molecular formula is C86H168O17P2. The molecule has 0 aromatic carbocycles. The van der Waals surface area contributed by atoms with E-state index < -0.39 is 97.5 Å². The van der Waals surface area contributed by atoms with Crippen molar-refractivity contribution in [3.05, 3.63) is 0 Å². The van der Waals surface area contributed by atoms with Gasteiger partial charge < -0.3 is 33.8 Å². The van der Waals surface area contributed by atoms with Crippen LogP contribution in [0.2, 0.25) is 0 Å². The molecule has 19 heteroatoms. The Balaban J connectivity index is 5.20. The molecule has 105 heavy (non-hydrogen) atoms. The Hall–Kier alpha value is -1.94. The van der Waals surface area contributed by atoms with Gasteiger partial charge in [0, 0.05) is 25.7 Å². The summed E-state index contributed by atoms with van der Waals surface area (Å²) in [5.41, 5.74) is 0. The molecule has 0 aromatic rings. The third-order valence-corrected chi connectivity index (χ3v) is 22.7. The third kappa shape index (κ3) is 77.2. The largest absolute Gasteiger partial charge is 0.472 e. The van der Waals surface area contributed by atoms with E-state index in [9.17, 15) is 43.2 Å². The molecule has 0 saturated heterocycles. The molecule has 0 aliphatic heterocycles. The smallest absolute Gasteiger partial charge is 0.462 e. The maximum Gasteiger partial charge on any atom is 0.472 e. The highest BCUT2D eigenvalue weighted by Gasteiger charge is 2.31. The van der Waals surface area contributed by atoms with E-state index in [1.54, 1.807) is 0 Å². The lowest BCUT2D eigenvalue weighted by Gasteiger charge is -2.21. The first-order valence-corrected chi connectivity index (χ1v) is 47.3. The number of hydrogen-bond acceptors (Lipinski definition) is 15. The number of carbonyl (C=O) groups excluding carboxylic acids is 4. The number of ether oxygens (including phenoxy) is 4. The van der Waals surface area contributed by atoms with Gasteiger partial charge in [-0.2, -0.15) is 0 Å². The molecule has 0 rings (SSSR count). The van der Waals surface area contributed by atoms with Gasteiger partial charge in [-0.05, 0) is 49.4 Å². The Bertz CT molecular complexity index is 2050. The van der Waals surface area contributed by atoms with Gasteiger partial charge in [-0.25, -0.2) is 9.13 Å². The van der Waals surface area contributed by atoms with Crippen molar-refractivity contribution in [3.63, 3.8) is 0 Å². The molecule has 0 bridgehead atoms. The molecule has 624 valence electrons. The highest BCUT2D eigenvalue weighted by Crippen LogP contribution is 2.45. The number of aliphatic hydroxyl groups is 1. The number of unbranched alkanes of at least 4 members (excludes halogenated alkanes) is 47. The lowest BCUT2D eigenvalue weighted by molar-refractivity contribution is -0.161. The van der Waals surface area contributed by atoms with Crippen LogP contribution < -0.4 is 0 Å². The highest BCUT2D eigenvalue weighted by molar-refractivity contribution is 7.47. The molecule has 0 spiro atoms. The van der Waals surface area contributed by atoms with Gasteiger partial charge in [-0.3, -0.25) is 37.3 Å². The maximum absolute atomic E-state index is 13.1. The van der Waals surface area contributed by atoms with E-state index in [4.69, 9.17) is 37.0 Å². The average Bonchev–Trinajstić information content (AvgIpc) is 0.901. The van der Waals surface area contributed by atoms with Crippen molar-refractivity contribution in [2.24, 2.45) is 23.7 Å². The molecule has 0 amide bonds. The summed E-state index contributed by atoms with van der Waals surface area (Å²) in [7, 11) is -9.93. The molecule has 17 nitrogen and oxygen atoms in total.